The standard InChI is InChI=1S/C21H18N4O3S/c1-12-7-9-14(10-8-12)18-23-20(28-25-18)17-13(2)22-21(29-17)24-19(26)15-5-4-6-16(11-15)27-3/h4-11H,1-3H3,(H,22,24,26). The molecule has 4 rings (SSSR count). The zero-order chi connectivity index (χ0) is 20.4. The summed E-state index contributed by atoms with van der Waals surface area (Å²) >= 11 is 1.29. The number of benzene rings is 2. The average molecular weight is 406 g/mol. The van der Waals surface area contributed by atoms with Crippen molar-refractivity contribution >= 4 is 22.4 Å². The molecule has 0 saturated carbocycles. The summed E-state index contributed by atoms with van der Waals surface area (Å²) < 4.78 is 10.6. The number of aromatic nitrogens is 3. The van der Waals surface area contributed by atoms with Gasteiger partial charge in [-0.25, -0.2) is 4.98 Å². The van der Waals surface area contributed by atoms with E-state index in [1.54, 1.807) is 31.4 Å². The summed E-state index contributed by atoms with van der Waals surface area (Å²) in [7, 11) is 1.56. The maximum absolute atomic E-state index is 12.5. The van der Waals surface area contributed by atoms with Gasteiger partial charge in [0.05, 0.1) is 12.8 Å². The van der Waals surface area contributed by atoms with Gasteiger partial charge < -0.3 is 9.26 Å². The van der Waals surface area contributed by atoms with Gasteiger partial charge in [0, 0.05) is 11.1 Å². The quantitative estimate of drug-likeness (QED) is 0.515. The highest BCUT2D eigenvalue weighted by atomic mass is 32.1. The second-order valence-electron chi connectivity index (χ2n) is 6.41. The lowest BCUT2D eigenvalue weighted by Crippen LogP contribution is -2.11. The first-order valence-corrected chi connectivity index (χ1v) is 9.69. The van der Waals surface area contributed by atoms with Crippen LogP contribution < -0.4 is 10.1 Å². The average Bonchev–Trinajstić information content (AvgIpc) is 3.35. The van der Waals surface area contributed by atoms with Crippen molar-refractivity contribution in [2.24, 2.45) is 0 Å². The summed E-state index contributed by atoms with van der Waals surface area (Å²) in [6, 6.07) is 14.8. The molecule has 0 atom stereocenters. The van der Waals surface area contributed by atoms with Crippen molar-refractivity contribution in [2.45, 2.75) is 13.8 Å². The van der Waals surface area contributed by atoms with Gasteiger partial charge in [0.1, 0.15) is 10.6 Å². The van der Waals surface area contributed by atoms with Crippen molar-refractivity contribution in [1.82, 2.24) is 15.1 Å². The number of carbonyl (C=O) groups is 1. The van der Waals surface area contributed by atoms with Crippen LogP contribution >= 0.6 is 11.3 Å². The lowest BCUT2D eigenvalue weighted by Gasteiger charge is -2.04. The van der Waals surface area contributed by atoms with Crippen molar-refractivity contribution in [1.29, 1.82) is 0 Å². The highest BCUT2D eigenvalue weighted by Crippen LogP contribution is 2.33. The Balaban J connectivity index is 1.55. The fraction of sp³-hybridized carbons (Fsp3) is 0.143. The van der Waals surface area contributed by atoms with Gasteiger partial charge in [-0.2, -0.15) is 4.98 Å². The number of thiazole rings is 1. The molecule has 2 aromatic heterocycles. The minimum absolute atomic E-state index is 0.268. The van der Waals surface area contributed by atoms with E-state index in [4.69, 9.17) is 9.26 Å². The first kappa shape index (κ1) is 18.8. The predicted molar refractivity (Wildman–Crippen MR) is 111 cm³/mol. The molecule has 1 N–H and O–H groups in total. The number of carbonyl (C=O) groups excluding carboxylic acids is 1. The molecule has 0 spiro atoms. The van der Waals surface area contributed by atoms with Crippen LogP contribution in [-0.2, 0) is 0 Å². The van der Waals surface area contributed by atoms with Crippen LogP contribution in [0.3, 0.4) is 0 Å². The van der Waals surface area contributed by atoms with E-state index in [0.29, 0.717) is 33.9 Å². The third-order valence-electron chi connectivity index (χ3n) is 4.28. The van der Waals surface area contributed by atoms with Gasteiger partial charge in [-0.05, 0) is 32.0 Å². The van der Waals surface area contributed by atoms with Crippen LogP contribution in [0.1, 0.15) is 21.6 Å². The van der Waals surface area contributed by atoms with Crippen LogP contribution in [0, 0.1) is 13.8 Å². The topological polar surface area (TPSA) is 90.1 Å². The Labute approximate surface area is 171 Å². The SMILES string of the molecule is COc1cccc(C(=O)Nc2nc(C)c(-c3nc(-c4ccc(C)cc4)no3)s2)c1. The molecule has 0 bridgehead atoms. The molecule has 29 heavy (non-hydrogen) atoms. The van der Waals surface area contributed by atoms with Crippen molar-refractivity contribution in [3.05, 3.63) is 65.4 Å². The summed E-state index contributed by atoms with van der Waals surface area (Å²) in [5.74, 6) is 1.23. The molecule has 146 valence electrons. The van der Waals surface area contributed by atoms with Crippen LogP contribution in [0.25, 0.3) is 22.2 Å². The van der Waals surface area contributed by atoms with Gasteiger partial charge >= 0.3 is 0 Å². The molecule has 4 aromatic rings. The lowest BCUT2D eigenvalue weighted by atomic mass is 10.1. The Kier molecular flexibility index (Phi) is 5.09. The molecule has 0 saturated heterocycles. The first-order valence-electron chi connectivity index (χ1n) is 8.87. The Morgan fingerprint density at radius 3 is 2.66 bits per heavy atom. The Bertz CT molecular complexity index is 1160. The van der Waals surface area contributed by atoms with Crippen molar-refractivity contribution in [3.63, 3.8) is 0 Å². The second kappa shape index (κ2) is 7.84. The van der Waals surface area contributed by atoms with Crippen molar-refractivity contribution < 1.29 is 14.1 Å². The predicted octanol–water partition coefficient (Wildman–Crippen LogP) is 4.74. The smallest absolute Gasteiger partial charge is 0.270 e. The minimum Gasteiger partial charge on any atom is -0.497 e. The largest absolute Gasteiger partial charge is 0.497 e. The molecule has 2 heterocycles. The highest BCUT2D eigenvalue weighted by Gasteiger charge is 2.18. The van der Waals surface area contributed by atoms with E-state index in [-0.39, 0.29) is 5.91 Å². The van der Waals surface area contributed by atoms with E-state index in [1.807, 2.05) is 38.1 Å². The molecule has 0 radical (unpaired) electrons. The van der Waals surface area contributed by atoms with Crippen LogP contribution in [0.15, 0.2) is 53.1 Å². The first-order chi connectivity index (χ1) is 14.0. The summed E-state index contributed by atoms with van der Waals surface area (Å²) in [6.07, 6.45) is 0. The number of nitrogens with one attached hydrogen (secondary N) is 1. The third-order valence-corrected chi connectivity index (χ3v) is 5.34. The summed E-state index contributed by atoms with van der Waals surface area (Å²) in [5.41, 5.74) is 3.22. The number of nitrogens with zero attached hydrogens (tertiary/aromatic N) is 3. The van der Waals surface area contributed by atoms with Gasteiger partial charge in [0.15, 0.2) is 5.13 Å². The monoisotopic (exact) mass is 406 g/mol. The normalized spacial score (nSPS) is 10.7. The second-order valence-corrected chi connectivity index (χ2v) is 7.41. The Morgan fingerprint density at radius 1 is 1.10 bits per heavy atom. The van der Waals surface area contributed by atoms with Gasteiger partial charge in [-0.3, -0.25) is 10.1 Å². The molecule has 0 fully saturated rings. The molecule has 0 unspecified atom stereocenters. The molecule has 8 heteroatoms. The number of ether oxygens (including phenoxy) is 1. The van der Waals surface area contributed by atoms with E-state index in [2.05, 4.69) is 20.4 Å². The van der Waals surface area contributed by atoms with Crippen molar-refractivity contribution in [2.75, 3.05) is 12.4 Å². The summed E-state index contributed by atoms with van der Waals surface area (Å²) in [4.78, 5) is 22.1. The van der Waals surface area contributed by atoms with Gasteiger partial charge in [0.2, 0.25) is 5.82 Å². The summed E-state index contributed by atoms with van der Waals surface area (Å²) in [5, 5.41) is 7.33. The third kappa shape index (κ3) is 4.02. The van der Waals surface area contributed by atoms with Crippen molar-refractivity contribution in [3.8, 4) is 27.9 Å². The van der Waals surface area contributed by atoms with Gasteiger partial charge in [-0.15, -0.1) is 0 Å². The van der Waals surface area contributed by atoms with E-state index < -0.39 is 0 Å². The number of anilines is 1. The zero-order valence-electron chi connectivity index (χ0n) is 16.1. The minimum atomic E-state index is -0.268. The molecule has 7 nitrogen and oxygen atoms in total. The number of hydrogen-bond acceptors (Lipinski definition) is 7. The molecule has 2 aromatic carbocycles. The molecule has 0 aliphatic heterocycles. The maximum atomic E-state index is 12.5. The van der Waals surface area contributed by atoms with Crippen LogP contribution in [0.5, 0.6) is 5.75 Å². The van der Waals surface area contributed by atoms with Crippen LogP contribution in [0.4, 0.5) is 5.13 Å². The highest BCUT2D eigenvalue weighted by molar-refractivity contribution is 7.19. The maximum Gasteiger partial charge on any atom is 0.270 e. The fourth-order valence-electron chi connectivity index (χ4n) is 2.72. The molecular weight excluding hydrogens is 388 g/mol. The summed E-state index contributed by atoms with van der Waals surface area (Å²) in [6.45, 7) is 3.86. The molecular formula is C21H18N4O3S. The van der Waals surface area contributed by atoms with E-state index in [1.165, 1.54) is 11.3 Å². The molecule has 1 amide bonds. The Hall–Kier alpha value is -3.52. The van der Waals surface area contributed by atoms with E-state index >= 15 is 0 Å². The molecule has 0 aliphatic carbocycles. The number of amides is 1. The number of methoxy groups -OCH3 is 1. The fourth-order valence-corrected chi connectivity index (χ4v) is 3.60. The lowest BCUT2D eigenvalue weighted by molar-refractivity contribution is 0.102. The molecule has 0 aliphatic rings. The van der Waals surface area contributed by atoms with Gasteiger partial charge in [0.25, 0.3) is 11.8 Å². The van der Waals surface area contributed by atoms with E-state index in [0.717, 1.165) is 16.0 Å². The van der Waals surface area contributed by atoms with Gasteiger partial charge in [-0.1, -0.05) is 52.4 Å². The Morgan fingerprint density at radius 2 is 1.90 bits per heavy atom. The van der Waals surface area contributed by atoms with E-state index in [9.17, 15) is 4.79 Å². The van der Waals surface area contributed by atoms with Crippen LogP contribution in [-0.4, -0.2) is 28.1 Å². The number of aryl methyl sites for hydroxylation is 2. The van der Waals surface area contributed by atoms with Crippen LogP contribution in [0.2, 0.25) is 0 Å². The zero-order valence-corrected chi connectivity index (χ0v) is 16.9. The number of rotatable bonds is 5. The number of hydrogen-bond donors (Lipinski definition) is 1.